The summed E-state index contributed by atoms with van der Waals surface area (Å²) in [6.45, 7) is 3.42. The highest BCUT2D eigenvalue weighted by molar-refractivity contribution is 9.10. The van der Waals surface area contributed by atoms with E-state index in [1.165, 1.54) is 0 Å². The lowest BCUT2D eigenvalue weighted by Gasteiger charge is -2.14. The molecule has 3 N–H and O–H groups in total. The zero-order chi connectivity index (χ0) is 15.8. The van der Waals surface area contributed by atoms with Crippen LogP contribution >= 0.6 is 27.5 Å². The van der Waals surface area contributed by atoms with Crippen LogP contribution in [-0.2, 0) is 10.0 Å². The van der Waals surface area contributed by atoms with E-state index in [0.717, 1.165) is 4.47 Å². The fraction of sp³-hybridized carbons (Fsp3) is 0.143. The molecule has 0 aliphatic carbocycles. The lowest BCUT2D eigenvalue weighted by atomic mass is 10.1. The standard InChI is InChI=1S/C14H14BrClN2O2S/c1-8-5-11(17)6-9(2)14(8)21(19,20)18-13-4-3-10(15)7-12(13)16/h3-7,18H,17H2,1-2H3. The highest BCUT2D eigenvalue weighted by Crippen LogP contribution is 2.30. The molecule has 0 bridgehead atoms. The normalized spacial score (nSPS) is 11.4. The van der Waals surface area contributed by atoms with Gasteiger partial charge < -0.3 is 5.73 Å². The van der Waals surface area contributed by atoms with Crippen LogP contribution in [0.1, 0.15) is 11.1 Å². The molecule has 7 heteroatoms. The second kappa shape index (κ2) is 5.87. The number of sulfonamides is 1. The van der Waals surface area contributed by atoms with Crippen LogP contribution in [0.2, 0.25) is 5.02 Å². The maximum Gasteiger partial charge on any atom is 0.262 e. The van der Waals surface area contributed by atoms with Crippen molar-refractivity contribution in [1.29, 1.82) is 0 Å². The first-order valence-electron chi connectivity index (χ1n) is 6.05. The molecular formula is C14H14BrClN2O2S. The molecular weight excluding hydrogens is 376 g/mol. The summed E-state index contributed by atoms with van der Waals surface area (Å²) in [7, 11) is -3.73. The molecule has 112 valence electrons. The van der Waals surface area contributed by atoms with E-state index in [2.05, 4.69) is 20.7 Å². The van der Waals surface area contributed by atoms with Gasteiger partial charge in [-0.3, -0.25) is 4.72 Å². The van der Waals surface area contributed by atoms with Crippen LogP contribution < -0.4 is 10.5 Å². The molecule has 4 nitrogen and oxygen atoms in total. The van der Waals surface area contributed by atoms with Crippen molar-refractivity contribution in [3.8, 4) is 0 Å². The second-order valence-corrected chi connectivity index (χ2v) is 7.66. The Hall–Kier alpha value is -1.24. The molecule has 0 saturated heterocycles. The summed E-state index contributed by atoms with van der Waals surface area (Å²) in [5, 5.41) is 0.318. The zero-order valence-corrected chi connectivity index (χ0v) is 14.6. The van der Waals surface area contributed by atoms with Crippen molar-refractivity contribution < 1.29 is 8.42 Å². The fourth-order valence-electron chi connectivity index (χ4n) is 2.18. The van der Waals surface area contributed by atoms with Crippen molar-refractivity contribution in [2.24, 2.45) is 0 Å². The first kappa shape index (κ1) is 16.1. The van der Waals surface area contributed by atoms with Crippen molar-refractivity contribution in [3.05, 3.63) is 51.0 Å². The van der Waals surface area contributed by atoms with Crippen molar-refractivity contribution in [3.63, 3.8) is 0 Å². The minimum absolute atomic E-state index is 0.218. The predicted molar refractivity (Wildman–Crippen MR) is 90.3 cm³/mol. The van der Waals surface area contributed by atoms with Gasteiger partial charge in [-0.15, -0.1) is 0 Å². The number of aryl methyl sites for hydroxylation is 2. The number of hydrogen-bond acceptors (Lipinski definition) is 3. The minimum atomic E-state index is -3.73. The average molecular weight is 390 g/mol. The van der Waals surface area contributed by atoms with Crippen LogP contribution in [-0.4, -0.2) is 8.42 Å². The van der Waals surface area contributed by atoms with Gasteiger partial charge in [-0.25, -0.2) is 8.42 Å². The molecule has 0 atom stereocenters. The van der Waals surface area contributed by atoms with Gasteiger partial charge >= 0.3 is 0 Å². The Morgan fingerprint density at radius 1 is 1.14 bits per heavy atom. The minimum Gasteiger partial charge on any atom is -0.399 e. The third-order valence-corrected chi connectivity index (χ3v) is 5.40. The molecule has 2 rings (SSSR count). The van der Waals surface area contributed by atoms with Crippen molar-refractivity contribution in [2.45, 2.75) is 18.7 Å². The topological polar surface area (TPSA) is 72.2 Å². The molecule has 21 heavy (non-hydrogen) atoms. The number of nitrogen functional groups attached to an aromatic ring is 1. The highest BCUT2D eigenvalue weighted by Gasteiger charge is 2.21. The smallest absolute Gasteiger partial charge is 0.262 e. The van der Waals surface area contributed by atoms with Gasteiger partial charge in [0.25, 0.3) is 10.0 Å². The Kier molecular flexibility index (Phi) is 4.51. The van der Waals surface area contributed by atoms with E-state index >= 15 is 0 Å². The maximum atomic E-state index is 12.6. The molecule has 0 saturated carbocycles. The summed E-state index contributed by atoms with van der Waals surface area (Å²) in [5.41, 5.74) is 7.77. The van der Waals surface area contributed by atoms with E-state index in [-0.39, 0.29) is 4.90 Å². The molecule has 0 unspecified atom stereocenters. The molecule has 0 radical (unpaired) electrons. The largest absolute Gasteiger partial charge is 0.399 e. The molecule has 2 aromatic carbocycles. The average Bonchev–Trinajstić information content (AvgIpc) is 2.30. The van der Waals surface area contributed by atoms with Gasteiger partial charge in [0.1, 0.15) is 0 Å². The Bertz CT molecular complexity index is 784. The third-order valence-electron chi connectivity index (χ3n) is 2.93. The van der Waals surface area contributed by atoms with Gasteiger partial charge in [-0.1, -0.05) is 27.5 Å². The Balaban J connectivity index is 2.48. The van der Waals surface area contributed by atoms with Crippen molar-refractivity contribution in [2.75, 3.05) is 10.5 Å². The highest BCUT2D eigenvalue weighted by atomic mass is 79.9. The molecule has 0 aromatic heterocycles. The van der Waals surface area contributed by atoms with E-state index in [1.807, 2.05) is 0 Å². The Morgan fingerprint density at radius 2 is 1.71 bits per heavy atom. The number of nitrogens with two attached hydrogens (primary N) is 1. The first-order valence-corrected chi connectivity index (χ1v) is 8.71. The summed E-state index contributed by atoms with van der Waals surface area (Å²) in [5.74, 6) is 0. The summed E-state index contributed by atoms with van der Waals surface area (Å²) < 4.78 is 28.4. The van der Waals surface area contributed by atoms with E-state index in [0.29, 0.717) is 27.5 Å². The fourth-order valence-corrected chi connectivity index (χ4v) is 4.49. The first-order chi connectivity index (χ1) is 9.70. The number of benzene rings is 2. The van der Waals surface area contributed by atoms with Gasteiger partial charge in [-0.05, 0) is 55.3 Å². The van der Waals surface area contributed by atoms with Crippen LogP contribution in [0.3, 0.4) is 0 Å². The number of nitrogens with one attached hydrogen (secondary N) is 1. The monoisotopic (exact) mass is 388 g/mol. The number of hydrogen-bond donors (Lipinski definition) is 2. The lowest BCUT2D eigenvalue weighted by molar-refractivity contribution is 0.600. The number of halogens is 2. The SMILES string of the molecule is Cc1cc(N)cc(C)c1S(=O)(=O)Nc1ccc(Br)cc1Cl. The van der Waals surface area contributed by atoms with Crippen LogP contribution in [0.15, 0.2) is 39.7 Å². The van der Waals surface area contributed by atoms with Crippen LogP contribution in [0, 0.1) is 13.8 Å². The summed E-state index contributed by atoms with van der Waals surface area (Å²) >= 11 is 9.33. The number of rotatable bonds is 3. The molecule has 0 aliphatic rings. The molecule has 0 spiro atoms. The van der Waals surface area contributed by atoms with Crippen LogP contribution in [0.5, 0.6) is 0 Å². The maximum absolute atomic E-state index is 12.6. The van der Waals surface area contributed by atoms with Gasteiger partial charge in [0, 0.05) is 10.2 Å². The van der Waals surface area contributed by atoms with Crippen molar-refractivity contribution >= 4 is 48.9 Å². The predicted octanol–water partition coefficient (Wildman–Crippen LogP) is 4.10. The Labute approximate surface area is 137 Å². The van der Waals surface area contributed by atoms with Gasteiger partial charge in [0.05, 0.1) is 15.6 Å². The van der Waals surface area contributed by atoms with Crippen LogP contribution in [0.4, 0.5) is 11.4 Å². The molecule has 0 heterocycles. The summed E-state index contributed by atoms with van der Waals surface area (Å²) in [6, 6.07) is 8.20. The van der Waals surface area contributed by atoms with Crippen LogP contribution in [0.25, 0.3) is 0 Å². The lowest BCUT2D eigenvalue weighted by Crippen LogP contribution is -2.16. The molecule has 0 fully saturated rings. The van der Waals surface area contributed by atoms with E-state index in [1.54, 1.807) is 44.2 Å². The van der Waals surface area contributed by atoms with Gasteiger partial charge in [0.2, 0.25) is 0 Å². The molecule has 0 amide bonds. The molecule has 2 aromatic rings. The quantitative estimate of drug-likeness (QED) is 0.776. The van der Waals surface area contributed by atoms with Crippen molar-refractivity contribution in [1.82, 2.24) is 0 Å². The molecule has 0 aliphatic heterocycles. The summed E-state index contributed by atoms with van der Waals surface area (Å²) in [6.07, 6.45) is 0. The van der Waals surface area contributed by atoms with E-state index < -0.39 is 10.0 Å². The number of anilines is 2. The van der Waals surface area contributed by atoms with Gasteiger partial charge in [-0.2, -0.15) is 0 Å². The zero-order valence-electron chi connectivity index (χ0n) is 11.4. The Morgan fingerprint density at radius 3 is 2.24 bits per heavy atom. The summed E-state index contributed by atoms with van der Waals surface area (Å²) in [4.78, 5) is 0.218. The second-order valence-electron chi connectivity index (χ2n) is 4.71. The van der Waals surface area contributed by atoms with Gasteiger partial charge in [0.15, 0.2) is 0 Å². The van der Waals surface area contributed by atoms with E-state index in [4.69, 9.17) is 17.3 Å². The van der Waals surface area contributed by atoms with E-state index in [9.17, 15) is 8.42 Å². The third kappa shape index (κ3) is 3.51.